The maximum absolute atomic E-state index is 12.5. The lowest BCUT2D eigenvalue weighted by Gasteiger charge is -2.22. The fourth-order valence-electron chi connectivity index (χ4n) is 2.99. The monoisotopic (exact) mass is 415 g/mol. The molecule has 1 aliphatic heterocycles. The van der Waals surface area contributed by atoms with Crippen LogP contribution in [0.25, 0.3) is 0 Å². The van der Waals surface area contributed by atoms with Gasteiger partial charge in [0.25, 0.3) is 11.6 Å². The van der Waals surface area contributed by atoms with Crippen LogP contribution in [-0.4, -0.2) is 35.6 Å². The molecule has 0 unspecified atom stereocenters. The molecular formula is C16H16F3N5O3S. The second-order valence-corrected chi connectivity index (χ2v) is 7.44. The van der Waals surface area contributed by atoms with Gasteiger partial charge in [0.15, 0.2) is 0 Å². The van der Waals surface area contributed by atoms with Crippen molar-refractivity contribution in [3.63, 3.8) is 0 Å². The summed E-state index contributed by atoms with van der Waals surface area (Å²) in [5.41, 5.74) is 0.700. The molecule has 0 radical (unpaired) electrons. The van der Waals surface area contributed by atoms with Gasteiger partial charge in [-0.1, -0.05) is 0 Å². The molecule has 2 aromatic rings. The van der Waals surface area contributed by atoms with E-state index in [1.807, 2.05) is 6.92 Å². The Balaban J connectivity index is 2.00. The first-order valence-corrected chi connectivity index (χ1v) is 8.96. The minimum atomic E-state index is -4.59. The average molecular weight is 415 g/mol. The number of thiazole rings is 1. The minimum Gasteiger partial charge on any atom is -0.383 e. The molecule has 150 valence electrons. The number of carbonyl (C=O) groups excluding carboxylic acids is 1. The lowest BCUT2D eigenvalue weighted by atomic mass is 10.1. The highest BCUT2D eigenvalue weighted by Gasteiger charge is 2.32. The van der Waals surface area contributed by atoms with Crippen molar-refractivity contribution in [1.29, 1.82) is 0 Å². The Morgan fingerprint density at radius 3 is 2.68 bits per heavy atom. The van der Waals surface area contributed by atoms with Crippen molar-refractivity contribution < 1.29 is 22.9 Å². The van der Waals surface area contributed by atoms with Crippen LogP contribution in [0, 0.1) is 17.0 Å². The number of nitrogens with zero attached hydrogens (tertiary/aromatic N) is 3. The first-order valence-electron chi connectivity index (χ1n) is 8.14. The van der Waals surface area contributed by atoms with E-state index in [0.29, 0.717) is 18.8 Å². The van der Waals surface area contributed by atoms with Crippen LogP contribution in [-0.2, 0) is 13.1 Å². The Bertz CT molecular complexity index is 921. The van der Waals surface area contributed by atoms with E-state index in [4.69, 9.17) is 0 Å². The Morgan fingerprint density at radius 2 is 2.11 bits per heavy atom. The predicted molar refractivity (Wildman–Crippen MR) is 97.8 cm³/mol. The summed E-state index contributed by atoms with van der Waals surface area (Å²) in [4.78, 5) is 30.2. The fourth-order valence-corrected chi connectivity index (χ4v) is 3.95. The molecule has 1 amide bonds. The number of rotatable bonds is 5. The summed E-state index contributed by atoms with van der Waals surface area (Å²) in [6, 6.07) is 2.40. The second-order valence-electron chi connectivity index (χ2n) is 6.15. The molecule has 2 heterocycles. The zero-order chi connectivity index (χ0) is 20.6. The number of alkyl halides is 3. The molecule has 0 saturated heterocycles. The van der Waals surface area contributed by atoms with Crippen molar-refractivity contribution in [2.45, 2.75) is 26.2 Å². The number of hydrogen-bond donors (Lipinski definition) is 2. The van der Waals surface area contributed by atoms with Crippen LogP contribution in [0.2, 0.25) is 0 Å². The minimum absolute atomic E-state index is 0.159. The highest BCUT2D eigenvalue weighted by atomic mass is 32.1. The molecule has 1 aromatic heterocycles. The number of nitrogens with one attached hydrogen (secondary N) is 2. The Hall–Kier alpha value is -2.89. The van der Waals surface area contributed by atoms with Gasteiger partial charge >= 0.3 is 6.18 Å². The maximum Gasteiger partial charge on any atom is 0.405 e. The quantitative estimate of drug-likeness (QED) is 0.575. The number of amides is 1. The first kappa shape index (κ1) is 19.9. The van der Waals surface area contributed by atoms with Crippen LogP contribution in [0.3, 0.4) is 0 Å². The number of aromatic nitrogens is 1. The van der Waals surface area contributed by atoms with E-state index in [1.54, 1.807) is 10.2 Å². The van der Waals surface area contributed by atoms with Crippen molar-refractivity contribution in [3.8, 4) is 0 Å². The van der Waals surface area contributed by atoms with Gasteiger partial charge in [-0.15, -0.1) is 11.3 Å². The average Bonchev–Trinajstić information content (AvgIpc) is 3.14. The summed E-state index contributed by atoms with van der Waals surface area (Å²) >= 11 is 1.50. The van der Waals surface area contributed by atoms with Gasteiger partial charge in [0.05, 0.1) is 40.0 Å². The number of aryl methyl sites for hydroxylation is 1. The van der Waals surface area contributed by atoms with Gasteiger partial charge in [-0.2, -0.15) is 13.2 Å². The normalized spacial score (nSPS) is 13.4. The summed E-state index contributed by atoms with van der Waals surface area (Å²) in [5.74, 6) is -1.03. The van der Waals surface area contributed by atoms with Gasteiger partial charge in [0.2, 0.25) is 0 Å². The highest BCUT2D eigenvalue weighted by molar-refractivity contribution is 7.11. The third kappa shape index (κ3) is 4.01. The Labute approximate surface area is 161 Å². The smallest absolute Gasteiger partial charge is 0.383 e. The van der Waals surface area contributed by atoms with Crippen LogP contribution in [0.1, 0.15) is 25.9 Å². The number of anilines is 2. The van der Waals surface area contributed by atoms with Gasteiger partial charge in [-0.05, 0) is 13.0 Å². The van der Waals surface area contributed by atoms with Gasteiger partial charge < -0.3 is 15.5 Å². The Morgan fingerprint density at radius 1 is 1.39 bits per heavy atom. The summed E-state index contributed by atoms with van der Waals surface area (Å²) < 4.78 is 37.5. The van der Waals surface area contributed by atoms with Crippen molar-refractivity contribution in [2.75, 3.05) is 23.8 Å². The SMILES string of the molecule is CNc1cc(N2Cc3nc(C)sc3C2)c(C(=O)NCC(F)(F)F)cc1[N+](=O)[O-]. The molecule has 0 bridgehead atoms. The zero-order valence-electron chi connectivity index (χ0n) is 14.9. The van der Waals surface area contributed by atoms with Gasteiger partial charge in [0.1, 0.15) is 12.2 Å². The molecule has 12 heteroatoms. The Kier molecular flexibility index (Phi) is 5.15. The highest BCUT2D eigenvalue weighted by Crippen LogP contribution is 2.38. The molecule has 3 rings (SSSR count). The van der Waals surface area contributed by atoms with Gasteiger partial charge in [-0.25, -0.2) is 4.98 Å². The van der Waals surface area contributed by atoms with E-state index in [9.17, 15) is 28.1 Å². The standard InChI is InChI=1S/C16H16F3N5O3S/c1-8-22-11-5-23(6-14(11)28-8)12-4-10(20-2)13(24(26)27)3-9(12)15(25)21-7-16(17,18)19/h3-4,20H,5-7H2,1-2H3,(H,21,25). The van der Waals surface area contributed by atoms with E-state index >= 15 is 0 Å². The lowest BCUT2D eigenvalue weighted by molar-refractivity contribution is -0.383. The van der Waals surface area contributed by atoms with E-state index in [-0.39, 0.29) is 11.3 Å². The van der Waals surface area contributed by atoms with E-state index in [1.165, 1.54) is 24.5 Å². The van der Waals surface area contributed by atoms with Crippen molar-refractivity contribution in [1.82, 2.24) is 10.3 Å². The van der Waals surface area contributed by atoms with Crippen LogP contribution < -0.4 is 15.5 Å². The number of carbonyl (C=O) groups is 1. The van der Waals surface area contributed by atoms with Gasteiger partial charge in [0, 0.05) is 18.0 Å². The largest absolute Gasteiger partial charge is 0.405 e. The molecule has 2 N–H and O–H groups in total. The van der Waals surface area contributed by atoms with E-state index in [2.05, 4.69) is 10.3 Å². The molecule has 1 aromatic carbocycles. The fraction of sp³-hybridized carbons (Fsp3) is 0.375. The van der Waals surface area contributed by atoms with Crippen molar-refractivity contribution in [2.24, 2.45) is 0 Å². The third-order valence-corrected chi connectivity index (χ3v) is 5.17. The number of benzene rings is 1. The van der Waals surface area contributed by atoms with Crippen LogP contribution in [0.5, 0.6) is 0 Å². The topological polar surface area (TPSA) is 100 Å². The second kappa shape index (κ2) is 7.26. The summed E-state index contributed by atoms with van der Waals surface area (Å²) in [5, 5.41) is 16.7. The molecule has 0 aliphatic carbocycles. The number of nitro groups is 1. The van der Waals surface area contributed by atoms with E-state index in [0.717, 1.165) is 21.6 Å². The molecule has 0 fully saturated rings. The van der Waals surface area contributed by atoms with Crippen LogP contribution >= 0.6 is 11.3 Å². The maximum atomic E-state index is 12.5. The number of halogens is 3. The zero-order valence-corrected chi connectivity index (χ0v) is 15.7. The number of nitro benzene ring substituents is 1. The number of hydrogen-bond acceptors (Lipinski definition) is 7. The number of fused-ring (bicyclic) bond motifs is 1. The van der Waals surface area contributed by atoms with Gasteiger partial charge in [-0.3, -0.25) is 14.9 Å². The molecule has 0 atom stereocenters. The summed E-state index contributed by atoms with van der Waals surface area (Å²) in [6.07, 6.45) is -4.59. The van der Waals surface area contributed by atoms with Crippen LogP contribution in [0.4, 0.5) is 30.2 Å². The van der Waals surface area contributed by atoms with Crippen LogP contribution in [0.15, 0.2) is 12.1 Å². The third-order valence-electron chi connectivity index (χ3n) is 4.18. The van der Waals surface area contributed by atoms with Crippen molar-refractivity contribution in [3.05, 3.63) is 43.4 Å². The molecular weight excluding hydrogens is 399 g/mol. The molecule has 1 aliphatic rings. The summed E-state index contributed by atoms with van der Waals surface area (Å²) in [6.45, 7) is 1.12. The molecule has 28 heavy (non-hydrogen) atoms. The predicted octanol–water partition coefficient (Wildman–Crippen LogP) is 3.21. The van der Waals surface area contributed by atoms with E-state index < -0.39 is 29.2 Å². The first-order chi connectivity index (χ1) is 13.1. The molecule has 8 nitrogen and oxygen atoms in total. The lowest BCUT2D eigenvalue weighted by Crippen LogP contribution is -2.34. The van der Waals surface area contributed by atoms with Crippen molar-refractivity contribution >= 4 is 34.3 Å². The molecule has 0 spiro atoms. The molecule has 0 saturated carbocycles. The summed E-state index contributed by atoms with van der Waals surface area (Å²) in [7, 11) is 1.49.